The number of benzene rings is 1. The first-order valence-corrected chi connectivity index (χ1v) is 6.56. The van der Waals surface area contributed by atoms with E-state index in [0.29, 0.717) is 12.2 Å². The molecule has 0 aliphatic carbocycles. The number of hydrogen-bond acceptors (Lipinski definition) is 4. The van der Waals surface area contributed by atoms with Gasteiger partial charge >= 0.3 is 0 Å². The van der Waals surface area contributed by atoms with Crippen LogP contribution in [0.1, 0.15) is 21.6 Å². The molecular formula is C16H18N2O3. The monoisotopic (exact) mass is 286 g/mol. The summed E-state index contributed by atoms with van der Waals surface area (Å²) in [6.45, 7) is 2.28. The zero-order valence-corrected chi connectivity index (χ0v) is 12.3. The minimum absolute atomic E-state index is 0.225. The number of aryl methyl sites for hydroxylation is 1. The van der Waals surface area contributed by atoms with Gasteiger partial charge in [-0.05, 0) is 36.8 Å². The number of nitrogens with zero attached hydrogens (tertiary/aromatic N) is 1. The van der Waals surface area contributed by atoms with E-state index in [4.69, 9.17) is 9.47 Å². The number of amides is 1. The van der Waals surface area contributed by atoms with Gasteiger partial charge in [0.1, 0.15) is 17.2 Å². The fourth-order valence-electron chi connectivity index (χ4n) is 2.01. The van der Waals surface area contributed by atoms with Crippen LogP contribution in [0.5, 0.6) is 11.5 Å². The van der Waals surface area contributed by atoms with Crippen LogP contribution in [-0.2, 0) is 6.54 Å². The maximum Gasteiger partial charge on any atom is 0.270 e. The quantitative estimate of drug-likeness (QED) is 0.916. The largest absolute Gasteiger partial charge is 0.496 e. The molecule has 0 radical (unpaired) electrons. The molecule has 0 atom stereocenters. The Morgan fingerprint density at radius 1 is 1.19 bits per heavy atom. The smallest absolute Gasteiger partial charge is 0.270 e. The van der Waals surface area contributed by atoms with E-state index < -0.39 is 0 Å². The zero-order chi connectivity index (χ0) is 15.2. The van der Waals surface area contributed by atoms with Gasteiger partial charge in [-0.1, -0.05) is 6.07 Å². The molecule has 1 aromatic heterocycles. The Morgan fingerprint density at radius 3 is 2.57 bits per heavy atom. The summed E-state index contributed by atoms with van der Waals surface area (Å²) < 4.78 is 10.6. The molecule has 0 bridgehead atoms. The van der Waals surface area contributed by atoms with Gasteiger partial charge < -0.3 is 14.8 Å². The molecular weight excluding hydrogens is 268 g/mol. The second-order valence-electron chi connectivity index (χ2n) is 4.53. The molecule has 2 aromatic rings. The van der Waals surface area contributed by atoms with E-state index in [1.54, 1.807) is 38.6 Å². The molecule has 110 valence electrons. The van der Waals surface area contributed by atoms with Crippen LogP contribution in [0.15, 0.2) is 36.5 Å². The van der Waals surface area contributed by atoms with Crippen LogP contribution in [0.2, 0.25) is 0 Å². The standard InChI is InChI=1S/C16H18N2O3/c1-11-8-15(21-3)12(9-14(11)20-2)10-18-16(19)13-6-4-5-7-17-13/h4-9H,10H2,1-3H3,(H,18,19). The summed E-state index contributed by atoms with van der Waals surface area (Å²) in [4.78, 5) is 16.0. The zero-order valence-electron chi connectivity index (χ0n) is 12.3. The average Bonchev–Trinajstić information content (AvgIpc) is 2.53. The molecule has 1 heterocycles. The highest BCUT2D eigenvalue weighted by Gasteiger charge is 2.11. The molecule has 0 aliphatic heterocycles. The summed E-state index contributed by atoms with van der Waals surface area (Å²) in [7, 11) is 3.22. The first kappa shape index (κ1) is 14.8. The van der Waals surface area contributed by atoms with Gasteiger partial charge in [-0.15, -0.1) is 0 Å². The number of nitrogens with one attached hydrogen (secondary N) is 1. The second-order valence-corrected chi connectivity index (χ2v) is 4.53. The van der Waals surface area contributed by atoms with Gasteiger partial charge in [0.2, 0.25) is 0 Å². The van der Waals surface area contributed by atoms with Crippen molar-refractivity contribution >= 4 is 5.91 Å². The highest BCUT2D eigenvalue weighted by Crippen LogP contribution is 2.28. The minimum atomic E-state index is -0.225. The summed E-state index contributed by atoms with van der Waals surface area (Å²) in [6.07, 6.45) is 1.59. The Hall–Kier alpha value is -2.56. The summed E-state index contributed by atoms with van der Waals surface area (Å²) in [5.41, 5.74) is 2.22. The molecule has 21 heavy (non-hydrogen) atoms. The number of pyridine rings is 1. The Bertz CT molecular complexity index is 627. The van der Waals surface area contributed by atoms with Crippen LogP contribution >= 0.6 is 0 Å². The number of rotatable bonds is 5. The van der Waals surface area contributed by atoms with Crippen LogP contribution in [0.4, 0.5) is 0 Å². The van der Waals surface area contributed by atoms with Gasteiger partial charge in [0.15, 0.2) is 0 Å². The molecule has 0 aliphatic rings. The lowest BCUT2D eigenvalue weighted by atomic mass is 10.1. The highest BCUT2D eigenvalue weighted by atomic mass is 16.5. The molecule has 5 nitrogen and oxygen atoms in total. The van der Waals surface area contributed by atoms with Crippen molar-refractivity contribution in [1.82, 2.24) is 10.3 Å². The fourth-order valence-corrected chi connectivity index (χ4v) is 2.01. The third kappa shape index (κ3) is 3.51. The predicted molar refractivity (Wildman–Crippen MR) is 79.7 cm³/mol. The molecule has 0 fully saturated rings. The van der Waals surface area contributed by atoms with Gasteiger partial charge in [0, 0.05) is 18.3 Å². The molecule has 5 heteroatoms. The Kier molecular flexibility index (Phi) is 4.77. The minimum Gasteiger partial charge on any atom is -0.496 e. The Morgan fingerprint density at radius 2 is 1.95 bits per heavy atom. The van der Waals surface area contributed by atoms with Crippen LogP contribution in [0.25, 0.3) is 0 Å². The van der Waals surface area contributed by atoms with Crippen molar-refractivity contribution in [2.75, 3.05) is 14.2 Å². The van der Waals surface area contributed by atoms with E-state index in [2.05, 4.69) is 10.3 Å². The van der Waals surface area contributed by atoms with Crippen molar-refractivity contribution in [3.8, 4) is 11.5 Å². The normalized spacial score (nSPS) is 10.0. The maximum atomic E-state index is 12.0. The Balaban J connectivity index is 2.14. The predicted octanol–water partition coefficient (Wildman–Crippen LogP) is 2.34. The first-order chi connectivity index (χ1) is 10.2. The van der Waals surface area contributed by atoms with Crippen molar-refractivity contribution in [1.29, 1.82) is 0 Å². The van der Waals surface area contributed by atoms with E-state index in [-0.39, 0.29) is 5.91 Å². The number of hydrogen-bond donors (Lipinski definition) is 1. The van der Waals surface area contributed by atoms with E-state index in [1.165, 1.54) is 0 Å². The Labute approximate surface area is 123 Å². The van der Waals surface area contributed by atoms with Crippen molar-refractivity contribution < 1.29 is 14.3 Å². The summed E-state index contributed by atoms with van der Waals surface area (Å²) in [6, 6.07) is 8.97. The lowest BCUT2D eigenvalue weighted by Gasteiger charge is -2.13. The van der Waals surface area contributed by atoms with Crippen molar-refractivity contribution in [3.63, 3.8) is 0 Å². The molecule has 1 aromatic carbocycles. The van der Waals surface area contributed by atoms with E-state index >= 15 is 0 Å². The van der Waals surface area contributed by atoms with Crippen molar-refractivity contribution in [2.24, 2.45) is 0 Å². The molecule has 0 saturated heterocycles. The number of ether oxygens (including phenoxy) is 2. The summed E-state index contributed by atoms with van der Waals surface area (Å²) >= 11 is 0. The van der Waals surface area contributed by atoms with Gasteiger partial charge in [0.25, 0.3) is 5.91 Å². The lowest BCUT2D eigenvalue weighted by Crippen LogP contribution is -2.24. The van der Waals surface area contributed by atoms with Gasteiger partial charge in [-0.25, -0.2) is 0 Å². The van der Waals surface area contributed by atoms with Crippen LogP contribution in [0.3, 0.4) is 0 Å². The molecule has 1 amide bonds. The van der Waals surface area contributed by atoms with E-state index in [9.17, 15) is 4.79 Å². The number of carbonyl (C=O) groups excluding carboxylic acids is 1. The number of methoxy groups -OCH3 is 2. The maximum absolute atomic E-state index is 12.0. The van der Waals surface area contributed by atoms with Crippen molar-refractivity contribution in [2.45, 2.75) is 13.5 Å². The average molecular weight is 286 g/mol. The number of carbonyl (C=O) groups is 1. The fraction of sp³-hybridized carbons (Fsp3) is 0.250. The van der Waals surface area contributed by atoms with Crippen LogP contribution in [0, 0.1) is 6.92 Å². The topological polar surface area (TPSA) is 60.5 Å². The van der Waals surface area contributed by atoms with E-state index in [0.717, 1.165) is 22.6 Å². The third-order valence-electron chi connectivity index (χ3n) is 3.13. The van der Waals surface area contributed by atoms with Gasteiger partial charge in [-0.2, -0.15) is 0 Å². The second kappa shape index (κ2) is 6.74. The SMILES string of the molecule is COc1cc(CNC(=O)c2ccccn2)c(OC)cc1C. The van der Waals surface area contributed by atoms with Crippen molar-refractivity contribution in [3.05, 3.63) is 53.3 Å². The van der Waals surface area contributed by atoms with Gasteiger partial charge in [0.05, 0.1) is 14.2 Å². The molecule has 1 N–H and O–H groups in total. The van der Waals surface area contributed by atoms with Gasteiger partial charge in [-0.3, -0.25) is 9.78 Å². The lowest BCUT2D eigenvalue weighted by molar-refractivity contribution is 0.0945. The third-order valence-corrected chi connectivity index (χ3v) is 3.13. The van der Waals surface area contributed by atoms with E-state index in [1.807, 2.05) is 19.1 Å². The summed E-state index contributed by atoms with van der Waals surface area (Å²) in [5, 5.41) is 2.82. The molecule has 2 rings (SSSR count). The van der Waals surface area contributed by atoms with Crippen LogP contribution < -0.4 is 14.8 Å². The molecule has 0 saturated carbocycles. The molecule has 0 spiro atoms. The first-order valence-electron chi connectivity index (χ1n) is 6.56. The molecule has 0 unspecified atom stereocenters. The number of aromatic nitrogens is 1. The van der Waals surface area contributed by atoms with Crippen LogP contribution in [-0.4, -0.2) is 25.1 Å². The summed E-state index contributed by atoms with van der Waals surface area (Å²) in [5.74, 6) is 1.25. The highest BCUT2D eigenvalue weighted by molar-refractivity contribution is 5.92.